The topological polar surface area (TPSA) is 46.2 Å². The van der Waals surface area contributed by atoms with E-state index in [1.54, 1.807) is 0 Å². The zero-order chi connectivity index (χ0) is 15.1. The SMILES string of the molecule is C1CC[C@@H](OCC2(CO[C@H]3CCCCO3)CCCCO2)OC1. The van der Waals surface area contributed by atoms with Gasteiger partial charge < -0.3 is 23.7 Å². The average molecular weight is 314 g/mol. The van der Waals surface area contributed by atoms with Crippen LogP contribution < -0.4 is 0 Å². The van der Waals surface area contributed by atoms with Crippen molar-refractivity contribution in [3.63, 3.8) is 0 Å². The molecule has 0 aromatic heterocycles. The first-order valence-corrected chi connectivity index (χ1v) is 8.97. The summed E-state index contributed by atoms with van der Waals surface area (Å²) in [5.41, 5.74) is -0.320. The predicted octanol–water partition coefficient (Wildman–Crippen LogP) is 3.01. The number of hydrogen-bond donors (Lipinski definition) is 0. The monoisotopic (exact) mass is 314 g/mol. The van der Waals surface area contributed by atoms with Crippen molar-refractivity contribution in [2.75, 3.05) is 33.0 Å². The molecule has 0 aromatic carbocycles. The fourth-order valence-electron chi connectivity index (χ4n) is 3.35. The first kappa shape index (κ1) is 16.7. The highest BCUT2D eigenvalue weighted by Crippen LogP contribution is 2.28. The lowest BCUT2D eigenvalue weighted by atomic mass is 9.95. The summed E-state index contributed by atoms with van der Waals surface area (Å²) in [5, 5.41) is 0. The van der Waals surface area contributed by atoms with Gasteiger partial charge in [-0.3, -0.25) is 0 Å². The van der Waals surface area contributed by atoms with E-state index in [0.717, 1.165) is 58.3 Å². The van der Waals surface area contributed by atoms with Crippen LogP contribution >= 0.6 is 0 Å². The summed E-state index contributed by atoms with van der Waals surface area (Å²) >= 11 is 0. The van der Waals surface area contributed by atoms with E-state index < -0.39 is 0 Å². The van der Waals surface area contributed by atoms with Crippen molar-refractivity contribution in [1.29, 1.82) is 0 Å². The Morgan fingerprint density at radius 2 is 1.32 bits per heavy atom. The molecule has 3 aliphatic rings. The summed E-state index contributed by atoms with van der Waals surface area (Å²) in [6.07, 6.45) is 9.79. The van der Waals surface area contributed by atoms with Crippen molar-refractivity contribution in [2.24, 2.45) is 0 Å². The molecule has 3 aliphatic heterocycles. The number of ether oxygens (including phenoxy) is 5. The maximum atomic E-state index is 6.09. The number of hydrogen-bond acceptors (Lipinski definition) is 5. The second-order valence-electron chi connectivity index (χ2n) is 6.70. The van der Waals surface area contributed by atoms with Gasteiger partial charge in [0.15, 0.2) is 12.6 Å². The Hall–Kier alpha value is -0.200. The molecule has 0 aliphatic carbocycles. The fourth-order valence-corrected chi connectivity index (χ4v) is 3.35. The van der Waals surface area contributed by atoms with Crippen LogP contribution in [0.25, 0.3) is 0 Å². The molecule has 0 radical (unpaired) electrons. The summed E-state index contributed by atoms with van der Waals surface area (Å²) < 4.78 is 29.4. The smallest absolute Gasteiger partial charge is 0.157 e. The first-order valence-electron chi connectivity index (χ1n) is 8.97. The van der Waals surface area contributed by atoms with Gasteiger partial charge in [0.1, 0.15) is 5.60 Å². The van der Waals surface area contributed by atoms with Gasteiger partial charge in [-0.15, -0.1) is 0 Å². The van der Waals surface area contributed by atoms with Crippen LogP contribution in [-0.2, 0) is 23.7 Å². The molecule has 3 atom stereocenters. The van der Waals surface area contributed by atoms with Gasteiger partial charge >= 0.3 is 0 Å². The lowest BCUT2D eigenvalue weighted by Gasteiger charge is -2.39. The Labute approximate surface area is 133 Å². The molecule has 5 nitrogen and oxygen atoms in total. The highest BCUT2D eigenvalue weighted by molar-refractivity contribution is 4.84. The van der Waals surface area contributed by atoms with Crippen molar-refractivity contribution in [3.05, 3.63) is 0 Å². The van der Waals surface area contributed by atoms with E-state index >= 15 is 0 Å². The molecule has 0 spiro atoms. The third-order valence-electron chi connectivity index (χ3n) is 4.78. The van der Waals surface area contributed by atoms with Gasteiger partial charge in [-0.25, -0.2) is 0 Å². The van der Waals surface area contributed by atoms with Crippen LogP contribution in [0.2, 0.25) is 0 Å². The minimum absolute atomic E-state index is 0.0675. The van der Waals surface area contributed by atoms with Crippen LogP contribution in [0.15, 0.2) is 0 Å². The van der Waals surface area contributed by atoms with Gasteiger partial charge in [-0.05, 0) is 57.8 Å². The van der Waals surface area contributed by atoms with Crippen molar-refractivity contribution in [1.82, 2.24) is 0 Å². The minimum Gasteiger partial charge on any atom is -0.370 e. The van der Waals surface area contributed by atoms with Crippen LogP contribution in [0.4, 0.5) is 0 Å². The molecular formula is C17H30O5. The van der Waals surface area contributed by atoms with E-state index in [0.29, 0.717) is 13.2 Å². The summed E-state index contributed by atoms with van der Waals surface area (Å²) in [6, 6.07) is 0. The van der Waals surface area contributed by atoms with Crippen molar-refractivity contribution >= 4 is 0 Å². The van der Waals surface area contributed by atoms with Crippen LogP contribution in [0.5, 0.6) is 0 Å². The van der Waals surface area contributed by atoms with E-state index in [4.69, 9.17) is 23.7 Å². The molecule has 0 saturated carbocycles. The van der Waals surface area contributed by atoms with Gasteiger partial charge in [-0.1, -0.05) is 0 Å². The molecule has 3 heterocycles. The van der Waals surface area contributed by atoms with Crippen molar-refractivity contribution in [3.8, 4) is 0 Å². The number of rotatable bonds is 6. The Kier molecular flexibility index (Phi) is 6.51. The molecule has 128 valence electrons. The quantitative estimate of drug-likeness (QED) is 0.754. The summed E-state index contributed by atoms with van der Waals surface area (Å²) in [6.45, 7) is 3.54. The first-order chi connectivity index (χ1) is 10.9. The predicted molar refractivity (Wildman–Crippen MR) is 81.6 cm³/mol. The standard InChI is InChI=1S/C17H30O5/c1-4-10-18-15(7-1)20-13-17(9-3-6-12-22-17)14-21-16-8-2-5-11-19-16/h15-16H,1-14H2/t15-,16+,17?. The molecule has 0 aromatic rings. The molecule has 22 heavy (non-hydrogen) atoms. The van der Waals surface area contributed by atoms with E-state index in [1.165, 1.54) is 19.3 Å². The molecule has 3 saturated heterocycles. The van der Waals surface area contributed by atoms with Gasteiger partial charge in [0.25, 0.3) is 0 Å². The average Bonchev–Trinajstić information content (AvgIpc) is 2.61. The lowest BCUT2D eigenvalue weighted by Crippen LogP contribution is -2.47. The van der Waals surface area contributed by atoms with Gasteiger partial charge in [0.05, 0.1) is 13.2 Å². The molecule has 1 unspecified atom stereocenters. The highest BCUT2D eigenvalue weighted by atomic mass is 16.7. The third-order valence-corrected chi connectivity index (χ3v) is 4.78. The van der Waals surface area contributed by atoms with E-state index in [-0.39, 0.29) is 18.2 Å². The van der Waals surface area contributed by atoms with Crippen molar-refractivity contribution < 1.29 is 23.7 Å². The highest BCUT2D eigenvalue weighted by Gasteiger charge is 2.36. The van der Waals surface area contributed by atoms with Crippen LogP contribution in [0.3, 0.4) is 0 Å². The van der Waals surface area contributed by atoms with E-state index in [1.807, 2.05) is 0 Å². The van der Waals surface area contributed by atoms with Gasteiger partial charge in [-0.2, -0.15) is 0 Å². The minimum atomic E-state index is -0.320. The van der Waals surface area contributed by atoms with E-state index in [9.17, 15) is 0 Å². The maximum Gasteiger partial charge on any atom is 0.157 e. The fraction of sp³-hybridized carbons (Fsp3) is 1.00. The molecule has 0 bridgehead atoms. The summed E-state index contributed by atoms with van der Waals surface area (Å²) in [5.74, 6) is 0. The molecule has 0 amide bonds. The maximum absolute atomic E-state index is 6.09. The molecule has 3 fully saturated rings. The van der Waals surface area contributed by atoms with Gasteiger partial charge in [0, 0.05) is 19.8 Å². The second-order valence-corrected chi connectivity index (χ2v) is 6.70. The van der Waals surface area contributed by atoms with Crippen LogP contribution in [-0.4, -0.2) is 51.2 Å². The Morgan fingerprint density at radius 1 is 0.727 bits per heavy atom. The lowest BCUT2D eigenvalue weighted by molar-refractivity contribution is -0.243. The molecule has 0 N–H and O–H groups in total. The Bertz CT molecular complexity index is 280. The third kappa shape index (κ3) is 4.90. The zero-order valence-corrected chi connectivity index (χ0v) is 13.6. The van der Waals surface area contributed by atoms with Gasteiger partial charge in [0.2, 0.25) is 0 Å². The molecule has 3 rings (SSSR count). The summed E-state index contributed by atoms with van der Waals surface area (Å²) in [4.78, 5) is 0. The van der Waals surface area contributed by atoms with Crippen LogP contribution in [0, 0.1) is 0 Å². The largest absolute Gasteiger partial charge is 0.370 e. The second kappa shape index (κ2) is 8.60. The van der Waals surface area contributed by atoms with Crippen LogP contribution in [0.1, 0.15) is 57.8 Å². The Balaban J connectivity index is 1.48. The normalized spacial score (nSPS) is 37.1. The summed E-state index contributed by atoms with van der Waals surface area (Å²) in [7, 11) is 0. The van der Waals surface area contributed by atoms with Crippen molar-refractivity contribution in [2.45, 2.75) is 76.0 Å². The van der Waals surface area contributed by atoms with E-state index in [2.05, 4.69) is 0 Å². The Morgan fingerprint density at radius 3 is 1.77 bits per heavy atom. The molecular weight excluding hydrogens is 284 g/mol. The zero-order valence-electron chi connectivity index (χ0n) is 13.6. The molecule has 5 heteroatoms.